The summed E-state index contributed by atoms with van der Waals surface area (Å²) in [7, 11) is 1.38. The number of hydrogen-bond donors (Lipinski definition) is 2. The molecule has 1 heterocycles. The van der Waals surface area contributed by atoms with Crippen LogP contribution in [-0.2, 0) is 16.0 Å². The lowest BCUT2D eigenvalue weighted by Crippen LogP contribution is -2.39. The Hall–Kier alpha value is -2.77. The van der Waals surface area contributed by atoms with Crippen LogP contribution < -0.4 is 10.6 Å². The molecule has 0 saturated carbocycles. The molecule has 1 aromatic carbocycles. The molecule has 24 heavy (non-hydrogen) atoms. The molecule has 0 aliphatic carbocycles. The molecule has 0 spiro atoms. The molecular weight excluding hydrogens is 320 g/mol. The molecule has 0 bridgehead atoms. The number of aromatic nitrogens is 1. The van der Waals surface area contributed by atoms with E-state index in [0.717, 1.165) is 12.1 Å². The summed E-state index contributed by atoms with van der Waals surface area (Å²) in [6, 6.07) is 1.89. The Kier molecular flexibility index (Phi) is 5.28. The molecule has 128 valence electrons. The summed E-state index contributed by atoms with van der Waals surface area (Å²) >= 11 is 0. The van der Waals surface area contributed by atoms with Gasteiger partial charge in [-0.05, 0) is 31.5 Å². The van der Waals surface area contributed by atoms with E-state index in [2.05, 4.69) is 15.8 Å². The van der Waals surface area contributed by atoms with E-state index in [9.17, 15) is 18.4 Å². The summed E-state index contributed by atoms with van der Waals surface area (Å²) in [5.41, 5.74) is 1.33. The fourth-order valence-electron chi connectivity index (χ4n) is 2.26. The zero-order valence-corrected chi connectivity index (χ0v) is 13.4. The molecule has 8 heteroatoms. The number of likely N-dealkylation sites (N-methyl/N-ethyl adjacent to an activating group) is 1. The van der Waals surface area contributed by atoms with Gasteiger partial charge in [0.25, 0.3) is 0 Å². The van der Waals surface area contributed by atoms with Crippen LogP contribution in [0.2, 0.25) is 0 Å². The number of halogens is 2. The summed E-state index contributed by atoms with van der Waals surface area (Å²) in [6.45, 7) is 3.37. The van der Waals surface area contributed by atoms with Crippen molar-refractivity contribution >= 4 is 11.8 Å². The molecule has 2 amide bonds. The first kappa shape index (κ1) is 17.6. The number of amides is 2. The highest BCUT2D eigenvalue weighted by Crippen LogP contribution is 2.18. The minimum Gasteiger partial charge on any atom is -0.361 e. The van der Waals surface area contributed by atoms with E-state index in [1.807, 2.05) is 0 Å². The first-order valence-electron chi connectivity index (χ1n) is 7.21. The lowest BCUT2D eigenvalue weighted by molar-refractivity contribution is -0.128. The summed E-state index contributed by atoms with van der Waals surface area (Å²) < 4.78 is 31.5. The van der Waals surface area contributed by atoms with Gasteiger partial charge in [0.15, 0.2) is 11.6 Å². The SMILES string of the molecule is CNC(=O)C(NC(=O)Cc1c(C)noc1C)c1ccc(F)c(F)c1. The number of carbonyl (C=O) groups is 2. The molecule has 2 N–H and O–H groups in total. The molecule has 0 aliphatic rings. The lowest BCUT2D eigenvalue weighted by atomic mass is 10.0. The number of nitrogens with one attached hydrogen (secondary N) is 2. The Bertz CT molecular complexity index is 754. The van der Waals surface area contributed by atoms with Gasteiger partial charge in [0, 0.05) is 12.6 Å². The van der Waals surface area contributed by atoms with Gasteiger partial charge in [-0.2, -0.15) is 0 Å². The highest BCUT2D eigenvalue weighted by molar-refractivity contribution is 5.89. The van der Waals surface area contributed by atoms with Gasteiger partial charge in [-0.25, -0.2) is 8.78 Å². The Morgan fingerprint density at radius 1 is 1.25 bits per heavy atom. The fourth-order valence-corrected chi connectivity index (χ4v) is 2.26. The first-order chi connectivity index (χ1) is 11.3. The maximum atomic E-state index is 13.4. The molecule has 2 rings (SSSR count). The third-order valence-corrected chi connectivity index (χ3v) is 3.61. The smallest absolute Gasteiger partial charge is 0.246 e. The van der Waals surface area contributed by atoms with Crippen molar-refractivity contribution in [2.75, 3.05) is 7.05 Å². The van der Waals surface area contributed by atoms with Gasteiger partial charge >= 0.3 is 0 Å². The van der Waals surface area contributed by atoms with Crippen molar-refractivity contribution in [3.8, 4) is 0 Å². The quantitative estimate of drug-likeness (QED) is 0.870. The monoisotopic (exact) mass is 337 g/mol. The largest absolute Gasteiger partial charge is 0.361 e. The molecular formula is C16H17F2N3O3. The lowest BCUT2D eigenvalue weighted by Gasteiger charge is -2.18. The van der Waals surface area contributed by atoms with E-state index in [1.54, 1.807) is 13.8 Å². The van der Waals surface area contributed by atoms with E-state index >= 15 is 0 Å². The predicted octanol–water partition coefficient (Wildman–Crippen LogP) is 1.72. The maximum Gasteiger partial charge on any atom is 0.246 e. The highest BCUT2D eigenvalue weighted by Gasteiger charge is 2.24. The van der Waals surface area contributed by atoms with Crippen molar-refractivity contribution < 1.29 is 22.9 Å². The van der Waals surface area contributed by atoms with Crippen molar-refractivity contribution in [3.05, 3.63) is 52.4 Å². The van der Waals surface area contributed by atoms with Crippen LogP contribution in [0.4, 0.5) is 8.78 Å². The third kappa shape index (κ3) is 3.76. The van der Waals surface area contributed by atoms with Gasteiger partial charge in [-0.3, -0.25) is 9.59 Å². The third-order valence-electron chi connectivity index (χ3n) is 3.61. The molecule has 1 unspecified atom stereocenters. The predicted molar refractivity (Wildman–Crippen MR) is 81.0 cm³/mol. The van der Waals surface area contributed by atoms with Gasteiger partial charge in [0.1, 0.15) is 11.8 Å². The molecule has 1 atom stereocenters. The van der Waals surface area contributed by atoms with Gasteiger partial charge in [-0.1, -0.05) is 11.2 Å². The van der Waals surface area contributed by atoms with Gasteiger partial charge in [0.2, 0.25) is 11.8 Å². The normalized spacial score (nSPS) is 11.9. The van der Waals surface area contributed by atoms with Crippen LogP contribution in [0.3, 0.4) is 0 Å². The van der Waals surface area contributed by atoms with Crippen molar-refractivity contribution in [2.24, 2.45) is 0 Å². The standard InChI is InChI=1S/C16H17F2N3O3/c1-8-11(9(2)24-21-8)7-14(22)20-15(16(23)19-3)10-4-5-12(17)13(18)6-10/h4-6,15H,7H2,1-3H3,(H,19,23)(H,20,22). The second-order valence-corrected chi connectivity index (χ2v) is 5.27. The first-order valence-corrected chi connectivity index (χ1v) is 7.21. The summed E-state index contributed by atoms with van der Waals surface area (Å²) in [6.07, 6.45) is -0.0433. The zero-order valence-electron chi connectivity index (χ0n) is 13.4. The summed E-state index contributed by atoms with van der Waals surface area (Å²) in [5.74, 6) is -2.64. The fraction of sp³-hybridized carbons (Fsp3) is 0.312. The average molecular weight is 337 g/mol. The van der Waals surface area contributed by atoms with Crippen molar-refractivity contribution in [1.29, 1.82) is 0 Å². The highest BCUT2D eigenvalue weighted by atomic mass is 19.2. The van der Waals surface area contributed by atoms with Gasteiger partial charge in [-0.15, -0.1) is 0 Å². The van der Waals surface area contributed by atoms with Crippen molar-refractivity contribution in [3.63, 3.8) is 0 Å². The molecule has 0 aliphatic heterocycles. The van der Waals surface area contributed by atoms with E-state index < -0.39 is 29.5 Å². The Balaban J connectivity index is 2.21. The number of rotatable bonds is 5. The van der Waals surface area contributed by atoms with E-state index in [1.165, 1.54) is 13.1 Å². The van der Waals surface area contributed by atoms with Crippen molar-refractivity contribution in [2.45, 2.75) is 26.3 Å². The Labute approximate surface area is 137 Å². The minimum atomic E-state index is -1.14. The topological polar surface area (TPSA) is 84.2 Å². The molecule has 0 fully saturated rings. The van der Waals surface area contributed by atoms with Crippen LogP contribution in [0, 0.1) is 25.5 Å². The van der Waals surface area contributed by atoms with Crippen LogP contribution >= 0.6 is 0 Å². The molecule has 0 radical (unpaired) electrons. The maximum absolute atomic E-state index is 13.4. The number of nitrogens with zero attached hydrogens (tertiary/aromatic N) is 1. The Morgan fingerprint density at radius 3 is 2.50 bits per heavy atom. The second kappa shape index (κ2) is 7.20. The van der Waals surface area contributed by atoms with Crippen LogP contribution in [0.25, 0.3) is 0 Å². The van der Waals surface area contributed by atoms with E-state index in [4.69, 9.17) is 4.52 Å². The average Bonchev–Trinajstić information content (AvgIpc) is 2.86. The van der Waals surface area contributed by atoms with E-state index in [0.29, 0.717) is 17.0 Å². The van der Waals surface area contributed by atoms with Gasteiger partial charge in [0.05, 0.1) is 12.1 Å². The van der Waals surface area contributed by atoms with Crippen LogP contribution in [-0.4, -0.2) is 24.0 Å². The number of carbonyl (C=O) groups excluding carboxylic acids is 2. The van der Waals surface area contributed by atoms with Crippen LogP contribution in [0.5, 0.6) is 0 Å². The van der Waals surface area contributed by atoms with Crippen LogP contribution in [0.15, 0.2) is 22.7 Å². The molecule has 0 saturated heterocycles. The van der Waals surface area contributed by atoms with E-state index in [-0.39, 0.29) is 12.0 Å². The minimum absolute atomic E-state index is 0.0433. The van der Waals surface area contributed by atoms with Crippen molar-refractivity contribution in [1.82, 2.24) is 15.8 Å². The van der Waals surface area contributed by atoms with Crippen LogP contribution in [0.1, 0.15) is 28.6 Å². The molecule has 1 aromatic heterocycles. The zero-order chi connectivity index (χ0) is 17.9. The Morgan fingerprint density at radius 2 is 1.96 bits per heavy atom. The number of aryl methyl sites for hydroxylation is 2. The summed E-state index contributed by atoms with van der Waals surface area (Å²) in [4.78, 5) is 24.3. The summed E-state index contributed by atoms with van der Waals surface area (Å²) in [5, 5.41) is 8.65. The molecule has 6 nitrogen and oxygen atoms in total. The van der Waals surface area contributed by atoms with Gasteiger partial charge < -0.3 is 15.2 Å². The molecule has 2 aromatic rings. The second-order valence-electron chi connectivity index (χ2n) is 5.27. The number of hydrogen-bond acceptors (Lipinski definition) is 4. The number of benzene rings is 1.